The summed E-state index contributed by atoms with van der Waals surface area (Å²) in [5.41, 5.74) is -3.35. The molecular weight excluding hydrogens is 255 g/mol. The highest BCUT2D eigenvalue weighted by Crippen LogP contribution is 2.39. The number of halogens is 5. The molecule has 1 aromatic heterocycles. The molecule has 17 heavy (non-hydrogen) atoms. The molecule has 0 radical (unpaired) electrons. The Balaban J connectivity index is 3.53. The van der Waals surface area contributed by atoms with E-state index in [-0.39, 0.29) is 6.07 Å². The molecule has 0 saturated carbocycles. The number of aromatic nitrogens is 1. The first-order valence-corrected chi connectivity index (χ1v) is 3.88. The van der Waals surface area contributed by atoms with Crippen LogP contribution in [0.2, 0.25) is 0 Å². The van der Waals surface area contributed by atoms with Crippen molar-refractivity contribution in [3.8, 4) is 5.75 Å². The third-order valence-corrected chi connectivity index (χ3v) is 1.70. The second-order valence-electron chi connectivity index (χ2n) is 2.82. The van der Waals surface area contributed by atoms with Gasteiger partial charge in [0.2, 0.25) is 5.75 Å². The number of pyridine rings is 1. The molecule has 0 saturated heterocycles. The number of nitrogens with zero attached hydrogens (tertiary/aromatic N) is 2. The van der Waals surface area contributed by atoms with E-state index in [9.17, 15) is 32.1 Å². The fraction of sp³-hybridized carbons (Fsp3) is 0.286. The highest BCUT2D eigenvalue weighted by atomic mass is 19.4. The predicted octanol–water partition coefficient (Wildman–Crippen LogP) is 2.65. The van der Waals surface area contributed by atoms with Gasteiger partial charge in [-0.3, -0.25) is 0 Å². The van der Waals surface area contributed by atoms with Crippen molar-refractivity contribution in [3.63, 3.8) is 0 Å². The Bertz CT molecular complexity index is 460. The molecule has 1 aromatic rings. The molecule has 0 aliphatic carbocycles. The Kier molecular flexibility index (Phi) is 3.16. The van der Waals surface area contributed by atoms with E-state index in [1.54, 1.807) is 0 Å². The van der Waals surface area contributed by atoms with Crippen LogP contribution < -0.4 is 0 Å². The molecule has 0 atom stereocenters. The van der Waals surface area contributed by atoms with Crippen LogP contribution in [-0.2, 0) is 6.18 Å². The minimum atomic E-state index is -5.12. The van der Waals surface area contributed by atoms with Crippen LogP contribution in [0.4, 0.5) is 27.8 Å². The zero-order valence-corrected chi connectivity index (χ0v) is 7.70. The van der Waals surface area contributed by atoms with Crippen molar-refractivity contribution in [2.24, 2.45) is 0 Å². The van der Waals surface area contributed by atoms with Gasteiger partial charge in [-0.25, -0.2) is 8.78 Å². The van der Waals surface area contributed by atoms with Gasteiger partial charge in [-0.15, -0.1) is 0 Å². The van der Waals surface area contributed by atoms with E-state index in [1.807, 2.05) is 0 Å². The summed E-state index contributed by atoms with van der Waals surface area (Å²) in [6.07, 6.45) is -8.61. The molecule has 10 heteroatoms. The Labute approximate surface area is 89.7 Å². The maximum Gasteiger partial charge on any atom is 0.458 e. The zero-order chi connectivity index (χ0) is 13.4. The van der Waals surface area contributed by atoms with E-state index in [1.165, 1.54) is 0 Å². The summed E-state index contributed by atoms with van der Waals surface area (Å²) in [5.74, 6) is -3.23. The molecule has 0 bridgehead atoms. The lowest BCUT2D eigenvalue weighted by atomic mass is 10.2. The maximum absolute atomic E-state index is 12.3. The highest BCUT2D eigenvalue weighted by molar-refractivity contribution is 5.47. The normalized spacial score (nSPS) is 11.9. The van der Waals surface area contributed by atoms with Crippen LogP contribution in [0.3, 0.4) is 0 Å². The average molecular weight is 258 g/mol. The van der Waals surface area contributed by atoms with Crippen LogP contribution in [-0.4, -0.2) is 15.0 Å². The maximum atomic E-state index is 12.3. The summed E-state index contributed by atoms with van der Waals surface area (Å²) in [6, 6.07) is -0.132. The summed E-state index contributed by atoms with van der Waals surface area (Å²) in [4.78, 5) is 11.2. The van der Waals surface area contributed by atoms with E-state index in [0.717, 1.165) is 0 Å². The fourth-order valence-electron chi connectivity index (χ4n) is 0.983. The van der Waals surface area contributed by atoms with Gasteiger partial charge in [-0.2, -0.15) is 13.2 Å². The standard InChI is InChI=1S/C7H3F5N2O3/c8-5(9)2-1-3(7(10,11)12)13-6(4(2)15)14(16)17/h1,5,15H. The number of hydrogen-bond donors (Lipinski definition) is 1. The van der Waals surface area contributed by atoms with Crippen LogP contribution in [0.25, 0.3) is 0 Å². The molecule has 5 nitrogen and oxygen atoms in total. The van der Waals surface area contributed by atoms with Crippen LogP contribution in [0.5, 0.6) is 5.75 Å². The van der Waals surface area contributed by atoms with Gasteiger partial charge in [0.1, 0.15) is 0 Å². The third kappa shape index (κ3) is 2.57. The average Bonchev–Trinajstić information content (AvgIpc) is 2.14. The number of rotatable bonds is 2. The minimum Gasteiger partial charge on any atom is -0.501 e. The van der Waals surface area contributed by atoms with Gasteiger partial charge in [-0.1, -0.05) is 0 Å². The van der Waals surface area contributed by atoms with Crippen molar-refractivity contribution in [3.05, 3.63) is 27.4 Å². The van der Waals surface area contributed by atoms with Crippen molar-refractivity contribution in [2.75, 3.05) is 0 Å². The monoisotopic (exact) mass is 258 g/mol. The van der Waals surface area contributed by atoms with Crippen molar-refractivity contribution < 1.29 is 32.0 Å². The fourth-order valence-corrected chi connectivity index (χ4v) is 0.983. The first-order chi connectivity index (χ1) is 7.64. The number of alkyl halides is 5. The van der Waals surface area contributed by atoms with E-state index >= 15 is 0 Å². The van der Waals surface area contributed by atoms with Gasteiger partial charge in [-0.05, 0) is 9.91 Å². The zero-order valence-electron chi connectivity index (χ0n) is 7.70. The summed E-state index contributed by atoms with van der Waals surface area (Å²) < 4.78 is 61.1. The minimum absolute atomic E-state index is 0.132. The summed E-state index contributed by atoms with van der Waals surface area (Å²) >= 11 is 0. The molecule has 0 amide bonds. The lowest BCUT2D eigenvalue weighted by molar-refractivity contribution is -0.391. The number of nitro groups is 1. The van der Waals surface area contributed by atoms with Gasteiger partial charge in [0.05, 0.1) is 5.56 Å². The van der Waals surface area contributed by atoms with E-state index < -0.39 is 40.3 Å². The largest absolute Gasteiger partial charge is 0.501 e. The Morgan fingerprint density at radius 2 is 1.94 bits per heavy atom. The Hall–Kier alpha value is -2.00. The van der Waals surface area contributed by atoms with Crippen molar-refractivity contribution in [1.29, 1.82) is 0 Å². The number of hydrogen-bond acceptors (Lipinski definition) is 4. The molecular formula is C7H3F5N2O3. The summed E-state index contributed by atoms with van der Waals surface area (Å²) in [6.45, 7) is 0. The van der Waals surface area contributed by atoms with Gasteiger partial charge < -0.3 is 15.2 Å². The molecule has 1 heterocycles. The van der Waals surface area contributed by atoms with Crippen molar-refractivity contribution in [2.45, 2.75) is 12.6 Å². The lowest BCUT2D eigenvalue weighted by Gasteiger charge is -2.07. The van der Waals surface area contributed by atoms with Crippen LogP contribution >= 0.6 is 0 Å². The molecule has 1 rings (SSSR count). The van der Waals surface area contributed by atoms with Gasteiger partial charge in [0.15, 0.2) is 0 Å². The van der Waals surface area contributed by atoms with E-state index in [4.69, 9.17) is 5.11 Å². The molecule has 0 fully saturated rings. The smallest absolute Gasteiger partial charge is 0.458 e. The first kappa shape index (κ1) is 13.1. The second-order valence-corrected chi connectivity index (χ2v) is 2.82. The predicted molar refractivity (Wildman–Crippen MR) is 42.5 cm³/mol. The molecule has 0 spiro atoms. The molecule has 0 unspecified atom stereocenters. The topological polar surface area (TPSA) is 76.3 Å². The summed E-state index contributed by atoms with van der Waals surface area (Å²) in [7, 11) is 0. The molecule has 1 N–H and O–H groups in total. The van der Waals surface area contributed by atoms with Crippen LogP contribution in [0.1, 0.15) is 17.7 Å². The first-order valence-electron chi connectivity index (χ1n) is 3.88. The van der Waals surface area contributed by atoms with Gasteiger partial charge in [0.25, 0.3) is 12.1 Å². The molecule has 0 aliphatic rings. The van der Waals surface area contributed by atoms with Crippen molar-refractivity contribution >= 4 is 5.82 Å². The second kappa shape index (κ2) is 4.11. The molecule has 0 aromatic carbocycles. The lowest BCUT2D eigenvalue weighted by Crippen LogP contribution is -2.11. The number of aromatic hydroxyl groups is 1. The quantitative estimate of drug-likeness (QED) is 0.502. The molecule has 0 aliphatic heterocycles. The molecule has 94 valence electrons. The van der Waals surface area contributed by atoms with Crippen molar-refractivity contribution in [1.82, 2.24) is 4.98 Å². The Morgan fingerprint density at radius 1 is 1.41 bits per heavy atom. The van der Waals surface area contributed by atoms with Gasteiger partial charge >= 0.3 is 12.0 Å². The van der Waals surface area contributed by atoms with Gasteiger partial charge in [0, 0.05) is 6.07 Å². The van der Waals surface area contributed by atoms with E-state index in [0.29, 0.717) is 0 Å². The summed E-state index contributed by atoms with van der Waals surface area (Å²) in [5, 5.41) is 19.2. The highest BCUT2D eigenvalue weighted by Gasteiger charge is 2.41. The van der Waals surface area contributed by atoms with Crippen LogP contribution in [0, 0.1) is 10.1 Å². The van der Waals surface area contributed by atoms with E-state index in [2.05, 4.69) is 4.98 Å². The SMILES string of the molecule is O=[N+]([O-])c1nc(C(F)(F)F)cc(C(F)F)c1O. The third-order valence-electron chi connectivity index (χ3n) is 1.70. The van der Waals surface area contributed by atoms with Crippen LogP contribution in [0.15, 0.2) is 6.07 Å². The Morgan fingerprint density at radius 3 is 2.29 bits per heavy atom.